The van der Waals surface area contributed by atoms with Crippen LogP contribution in [0, 0.1) is 0 Å². The number of unbranched alkanes of at least 4 members (excludes halogenated alkanes) is 2. The minimum atomic E-state index is -4.45. The number of carbonyl (C=O) groups is 3. The van der Waals surface area contributed by atoms with Gasteiger partial charge in [0, 0.05) is 73.8 Å². The van der Waals surface area contributed by atoms with E-state index in [0.717, 1.165) is 33.9 Å². The summed E-state index contributed by atoms with van der Waals surface area (Å²) in [6.07, 6.45) is 11.3. The smallest absolute Gasteiger partial charge is 0.333 e. The van der Waals surface area contributed by atoms with Crippen LogP contribution in [0.5, 0.6) is 0 Å². The topological polar surface area (TPSA) is 188 Å². The molecule has 1 saturated heterocycles. The van der Waals surface area contributed by atoms with Crippen molar-refractivity contribution in [1.29, 1.82) is 0 Å². The van der Waals surface area contributed by atoms with Gasteiger partial charge < -0.3 is 14.5 Å². The van der Waals surface area contributed by atoms with Crippen LogP contribution >= 0.6 is 0 Å². The molecule has 0 bridgehead atoms. The molecule has 1 fully saturated rings. The standard InChI is InChI=1S/C38H45N3O11S2/c1-37(2)28-24-26(53(45,46)47)15-17-30(28)39(21-11-7-10-14-36(44)52-41-34(42)19-20-35(41)43)32(37)12-8-6-9-13-33-38(3,4)29-25-27(54(48,49)50)16-18-31(29)40(33)22-23-51-5/h6,8-9,12-13,15-18,24-25H,7,10-11,14,19-23H2,1-5H3,(H-,45,46,47,48,49,50)/p+1. The van der Waals surface area contributed by atoms with Crippen LogP contribution in [0.3, 0.4) is 0 Å². The van der Waals surface area contributed by atoms with E-state index in [1.807, 2.05) is 58.1 Å². The minimum Gasteiger partial charge on any atom is -0.383 e. The summed E-state index contributed by atoms with van der Waals surface area (Å²) < 4.78 is 74.8. The van der Waals surface area contributed by atoms with Crippen LogP contribution in [0.4, 0.5) is 11.4 Å². The van der Waals surface area contributed by atoms with Crippen molar-refractivity contribution in [3.05, 3.63) is 83.6 Å². The zero-order valence-electron chi connectivity index (χ0n) is 30.9. The molecule has 2 aromatic rings. The van der Waals surface area contributed by atoms with Gasteiger partial charge in [0.15, 0.2) is 5.71 Å². The lowest BCUT2D eigenvalue weighted by Crippen LogP contribution is -2.31. The summed E-state index contributed by atoms with van der Waals surface area (Å²) in [5.74, 6) is -1.72. The van der Waals surface area contributed by atoms with E-state index in [1.165, 1.54) is 24.3 Å². The predicted octanol–water partition coefficient (Wildman–Crippen LogP) is 5.16. The van der Waals surface area contributed by atoms with Crippen LogP contribution in [0.25, 0.3) is 0 Å². The molecule has 16 heteroatoms. The largest absolute Gasteiger partial charge is 0.383 e. The first-order chi connectivity index (χ1) is 25.3. The molecule has 2 N–H and O–H groups in total. The Morgan fingerprint density at radius 3 is 2.11 bits per heavy atom. The first kappa shape index (κ1) is 40.7. The van der Waals surface area contributed by atoms with E-state index in [-0.39, 0.29) is 29.1 Å². The second kappa shape index (κ2) is 15.7. The molecule has 3 aliphatic heterocycles. The number of carbonyl (C=O) groups excluding carboxylic acids is 3. The third-order valence-electron chi connectivity index (χ3n) is 10.0. The number of ether oxygens (including phenoxy) is 1. The van der Waals surface area contributed by atoms with E-state index in [2.05, 4.69) is 9.48 Å². The first-order valence-electron chi connectivity index (χ1n) is 17.6. The monoisotopic (exact) mass is 784 g/mol. The zero-order valence-corrected chi connectivity index (χ0v) is 32.6. The number of benzene rings is 2. The Morgan fingerprint density at radius 2 is 1.48 bits per heavy atom. The molecule has 0 aliphatic carbocycles. The summed E-state index contributed by atoms with van der Waals surface area (Å²) >= 11 is 0. The Kier molecular flexibility index (Phi) is 11.8. The maximum Gasteiger partial charge on any atom is 0.333 e. The van der Waals surface area contributed by atoms with Crippen molar-refractivity contribution in [2.75, 3.05) is 31.7 Å². The van der Waals surface area contributed by atoms with Gasteiger partial charge in [-0.3, -0.25) is 18.7 Å². The van der Waals surface area contributed by atoms with Crippen molar-refractivity contribution in [3.63, 3.8) is 0 Å². The molecule has 2 amide bonds. The molecule has 2 aromatic carbocycles. The van der Waals surface area contributed by atoms with Gasteiger partial charge in [-0.05, 0) is 68.7 Å². The van der Waals surface area contributed by atoms with Gasteiger partial charge in [-0.2, -0.15) is 21.4 Å². The lowest BCUT2D eigenvalue weighted by Gasteiger charge is -2.26. The van der Waals surface area contributed by atoms with Crippen molar-refractivity contribution in [3.8, 4) is 0 Å². The third-order valence-corrected chi connectivity index (χ3v) is 11.7. The molecule has 5 rings (SSSR count). The van der Waals surface area contributed by atoms with Gasteiger partial charge in [0.25, 0.3) is 32.1 Å². The molecule has 0 unspecified atom stereocenters. The summed E-state index contributed by atoms with van der Waals surface area (Å²) in [5.41, 5.74) is 3.57. The minimum absolute atomic E-state index is 0.0233. The highest BCUT2D eigenvalue weighted by atomic mass is 32.2. The van der Waals surface area contributed by atoms with Gasteiger partial charge in [0.2, 0.25) is 5.69 Å². The molecule has 14 nitrogen and oxygen atoms in total. The maximum absolute atomic E-state index is 12.3. The van der Waals surface area contributed by atoms with Crippen molar-refractivity contribution < 1.29 is 54.5 Å². The molecule has 3 heterocycles. The highest BCUT2D eigenvalue weighted by molar-refractivity contribution is 7.86. The average Bonchev–Trinajstić information content (AvgIpc) is 3.60. The van der Waals surface area contributed by atoms with Crippen molar-refractivity contribution in [2.45, 2.75) is 86.8 Å². The molecule has 290 valence electrons. The zero-order chi connectivity index (χ0) is 39.6. The Bertz CT molecular complexity index is 2190. The molecule has 0 spiro atoms. The summed E-state index contributed by atoms with van der Waals surface area (Å²) in [7, 11) is -7.24. The molecule has 0 aromatic heterocycles. The number of rotatable bonds is 15. The highest BCUT2D eigenvalue weighted by Gasteiger charge is 2.45. The van der Waals surface area contributed by atoms with Crippen molar-refractivity contribution >= 4 is 55.1 Å². The Morgan fingerprint density at radius 1 is 0.852 bits per heavy atom. The number of allylic oxidation sites excluding steroid dienone is 6. The number of hydrogen-bond donors (Lipinski definition) is 2. The fourth-order valence-corrected chi connectivity index (χ4v) is 8.19. The third kappa shape index (κ3) is 8.42. The molecular formula is C38H46N3O11S2+. The number of methoxy groups -OCH3 is 1. The summed E-state index contributed by atoms with van der Waals surface area (Å²) in [5, 5.41) is 0.540. The Hall–Kier alpha value is -4.48. The van der Waals surface area contributed by atoms with Crippen LogP contribution in [-0.2, 0) is 55.0 Å². The molecule has 3 aliphatic rings. The van der Waals surface area contributed by atoms with Crippen LogP contribution in [0.2, 0.25) is 0 Å². The first-order valence-corrected chi connectivity index (χ1v) is 20.4. The quantitative estimate of drug-likeness (QED) is 0.0795. The fourth-order valence-electron chi connectivity index (χ4n) is 7.17. The second-order valence-electron chi connectivity index (χ2n) is 14.4. The van der Waals surface area contributed by atoms with E-state index < -0.39 is 48.8 Å². The molecule has 0 radical (unpaired) electrons. The van der Waals surface area contributed by atoms with Crippen LogP contribution in [0.15, 0.2) is 82.3 Å². The number of fused-ring (bicyclic) bond motifs is 2. The number of nitrogens with zero attached hydrogens (tertiary/aromatic N) is 3. The van der Waals surface area contributed by atoms with E-state index in [0.29, 0.717) is 44.0 Å². The Balaban J connectivity index is 1.37. The summed E-state index contributed by atoms with van der Waals surface area (Å²) in [6, 6.07) is 9.08. The van der Waals surface area contributed by atoms with E-state index in [4.69, 9.17) is 9.57 Å². The van der Waals surface area contributed by atoms with Crippen molar-refractivity contribution in [2.24, 2.45) is 0 Å². The normalized spacial score (nSPS) is 18.8. The lowest BCUT2D eigenvalue weighted by atomic mass is 9.81. The Labute approximate surface area is 315 Å². The lowest BCUT2D eigenvalue weighted by molar-refractivity contribution is -0.438. The van der Waals surface area contributed by atoms with Gasteiger partial charge in [-0.15, -0.1) is 5.06 Å². The van der Waals surface area contributed by atoms with Gasteiger partial charge in [0.1, 0.15) is 6.54 Å². The fraction of sp³-hybridized carbons (Fsp3) is 0.421. The number of hydrogen-bond acceptors (Lipinski definition) is 10. The highest BCUT2D eigenvalue weighted by Crippen LogP contribution is 2.48. The van der Waals surface area contributed by atoms with Gasteiger partial charge in [-0.25, -0.2) is 4.79 Å². The molecular weight excluding hydrogens is 739 g/mol. The number of imide groups is 1. The number of amides is 2. The number of anilines is 1. The molecule has 54 heavy (non-hydrogen) atoms. The van der Waals surface area contributed by atoms with Gasteiger partial charge in [0.05, 0.1) is 21.8 Å². The molecule has 0 saturated carbocycles. The summed E-state index contributed by atoms with van der Waals surface area (Å²) in [4.78, 5) is 42.4. The van der Waals surface area contributed by atoms with E-state index in [1.54, 1.807) is 19.2 Å². The molecule has 0 atom stereocenters. The maximum atomic E-state index is 12.3. The predicted molar refractivity (Wildman–Crippen MR) is 200 cm³/mol. The van der Waals surface area contributed by atoms with E-state index in [9.17, 15) is 40.3 Å². The SMILES string of the molecule is COCCN1C(=CC=CC=CC2=[N+](CCCCCC(=O)ON3C(=O)CCC3=O)c3ccc(S(=O)(=O)O)cc3C2(C)C)C(C)(C)c2cc(S(=O)(=O)O)ccc21. The van der Waals surface area contributed by atoms with E-state index >= 15 is 0 Å². The van der Waals surface area contributed by atoms with Crippen LogP contribution < -0.4 is 4.90 Å². The summed E-state index contributed by atoms with van der Waals surface area (Å²) in [6.45, 7) is 9.35. The van der Waals surface area contributed by atoms with Gasteiger partial charge in [-0.1, -0.05) is 32.1 Å². The van der Waals surface area contributed by atoms with Crippen molar-refractivity contribution in [1.82, 2.24) is 5.06 Å². The van der Waals surface area contributed by atoms with Gasteiger partial charge >= 0.3 is 5.97 Å². The van der Waals surface area contributed by atoms with Crippen LogP contribution in [0.1, 0.15) is 77.3 Å². The second-order valence-corrected chi connectivity index (χ2v) is 17.2. The average molecular weight is 785 g/mol. The van der Waals surface area contributed by atoms with Crippen LogP contribution in [-0.4, -0.2) is 85.9 Å². The number of hydroxylamine groups is 2.